The molecular weight excluding hydrogens is 296 g/mol. The summed E-state index contributed by atoms with van der Waals surface area (Å²) in [4.78, 5) is 26.2. The van der Waals surface area contributed by atoms with Crippen molar-refractivity contribution in [3.63, 3.8) is 0 Å². The highest BCUT2D eigenvalue weighted by Gasteiger charge is 2.22. The van der Waals surface area contributed by atoms with Gasteiger partial charge in [-0.1, -0.05) is 18.2 Å². The SMILES string of the molecule is CC(C)(C)OC(=O)NC[C@@H](Cc1c[nH]c2ccccc12)C(=O)O. The summed E-state index contributed by atoms with van der Waals surface area (Å²) in [6.07, 6.45) is 1.53. The Hall–Kier alpha value is -2.50. The van der Waals surface area contributed by atoms with E-state index in [2.05, 4.69) is 10.3 Å². The Kier molecular flexibility index (Phi) is 4.93. The second-order valence-electron chi connectivity index (χ2n) is 6.48. The van der Waals surface area contributed by atoms with Gasteiger partial charge in [-0.25, -0.2) is 4.79 Å². The van der Waals surface area contributed by atoms with Crippen LogP contribution >= 0.6 is 0 Å². The number of carbonyl (C=O) groups is 2. The summed E-state index contributed by atoms with van der Waals surface area (Å²) in [6.45, 7) is 5.29. The Balaban J connectivity index is 2.02. The Morgan fingerprint density at radius 3 is 2.65 bits per heavy atom. The van der Waals surface area contributed by atoms with Gasteiger partial charge in [0.05, 0.1) is 5.92 Å². The minimum absolute atomic E-state index is 0.0176. The Labute approximate surface area is 134 Å². The molecule has 6 heteroatoms. The summed E-state index contributed by atoms with van der Waals surface area (Å²) >= 11 is 0. The summed E-state index contributed by atoms with van der Waals surface area (Å²) in [5, 5.41) is 12.9. The number of aromatic amines is 1. The second-order valence-corrected chi connectivity index (χ2v) is 6.48. The zero-order valence-electron chi connectivity index (χ0n) is 13.6. The van der Waals surface area contributed by atoms with Crippen molar-refractivity contribution in [3.8, 4) is 0 Å². The summed E-state index contributed by atoms with van der Waals surface area (Å²) in [7, 11) is 0. The molecule has 6 nitrogen and oxygen atoms in total. The van der Waals surface area contributed by atoms with Gasteiger partial charge in [0.15, 0.2) is 0 Å². The summed E-state index contributed by atoms with van der Waals surface area (Å²) in [6, 6.07) is 7.71. The molecule has 0 saturated heterocycles. The van der Waals surface area contributed by atoms with Gasteiger partial charge in [-0.2, -0.15) is 0 Å². The molecule has 0 radical (unpaired) electrons. The van der Waals surface area contributed by atoms with Crippen molar-refractivity contribution in [2.75, 3.05) is 6.54 Å². The first-order valence-corrected chi connectivity index (χ1v) is 7.51. The molecule has 23 heavy (non-hydrogen) atoms. The van der Waals surface area contributed by atoms with Crippen LogP contribution in [-0.4, -0.2) is 34.3 Å². The number of alkyl carbamates (subject to hydrolysis) is 1. The number of rotatable bonds is 5. The summed E-state index contributed by atoms with van der Waals surface area (Å²) in [5.41, 5.74) is 1.27. The lowest BCUT2D eigenvalue weighted by Crippen LogP contribution is -2.37. The van der Waals surface area contributed by atoms with Crippen molar-refractivity contribution >= 4 is 23.0 Å². The zero-order chi connectivity index (χ0) is 17.0. The van der Waals surface area contributed by atoms with E-state index in [1.54, 1.807) is 20.8 Å². The molecule has 1 aromatic heterocycles. The lowest BCUT2D eigenvalue weighted by atomic mass is 9.99. The average Bonchev–Trinajstić information content (AvgIpc) is 2.84. The van der Waals surface area contributed by atoms with Crippen molar-refractivity contribution in [2.24, 2.45) is 5.92 Å². The van der Waals surface area contributed by atoms with Crippen molar-refractivity contribution < 1.29 is 19.4 Å². The lowest BCUT2D eigenvalue weighted by molar-refractivity contribution is -0.141. The first-order valence-electron chi connectivity index (χ1n) is 7.51. The Morgan fingerprint density at radius 2 is 2.00 bits per heavy atom. The molecule has 2 aromatic rings. The topological polar surface area (TPSA) is 91.4 Å². The van der Waals surface area contributed by atoms with Crippen molar-refractivity contribution in [1.82, 2.24) is 10.3 Å². The van der Waals surface area contributed by atoms with Gasteiger partial charge in [-0.15, -0.1) is 0 Å². The maximum Gasteiger partial charge on any atom is 0.407 e. The molecule has 0 spiro atoms. The van der Waals surface area contributed by atoms with Crippen LogP contribution in [0.5, 0.6) is 0 Å². The molecule has 0 aliphatic rings. The standard InChI is InChI=1S/C17H22N2O4/c1-17(2,3)23-16(22)19-10-12(15(20)21)8-11-9-18-14-7-5-4-6-13(11)14/h4-7,9,12,18H,8,10H2,1-3H3,(H,19,22)(H,20,21)/t12-/m1/s1. The zero-order valence-corrected chi connectivity index (χ0v) is 13.6. The molecular formula is C17H22N2O4. The molecule has 124 valence electrons. The van der Waals surface area contributed by atoms with E-state index in [1.807, 2.05) is 30.5 Å². The minimum Gasteiger partial charge on any atom is -0.481 e. The number of hydrogen-bond donors (Lipinski definition) is 3. The molecule has 1 atom stereocenters. The van der Waals surface area contributed by atoms with Gasteiger partial charge in [0.25, 0.3) is 0 Å². The van der Waals surface area contributed by atoms with E-state index in [9.17, 15) is 14.7 Å². The summed E-state index contributed by atoms with van der Waals surface area (Å²) < 4.78 is 5.12. The molecule has 0 fully saturated rings. The highest BCUT2D eigenvalue weighted by Crippen LogP contribution is 2.20. The molecule has 0 unspecified atom stereocenters. The average molecular weight is 318 g/mol. The lowest BCUT2D eigenvalue weighted by Gasteiger charge is -2.20. The number of fused-ring (bicyclic) bond motifs is 1. The van der Waals surface area contributed by atoms with Gasteiger partial charge in [-0.3, -0.25) is 4.79 Å². The van der Waals surface area contributed by atoms with Crippen LogP contribution in [-0.2, 0) is 16.0 Å². The quantitative estimate of drug-likeness (QED) is 0.790. The third kappa shape index (κ3) is 4.74. The van der Waals surface area contributed by atoms with Gasteiger partial charge in [0.2, 0.25) is 0 Å². The number of aliphatic carboxylic acids is 1. The molecule has 0 bridgehead atoms. The van der Waals surface area contributed by atoms with Crippen molar-refractivity contribution in [2.45, 2.75) is 32.8 Å². The molecule has 1 aromatic carbocycles. The number of carboxylic acids is 1. The van der Waals surface area contributed by atoms with E-state index in [0.717, 1.165) is 16.5 Å². The van der Waals surface area contributed by atoms with Crippen molar-refractivity contribution in [1.29, 1.82) is 0 Å². The molecule has 0 aliphatic heterocycles. The fourth-order valence-electron chi connectivity index (χ4n) is 2.33. The van der Waals surface area contributed by atoms with E-state index in [-0.39, 0.29) is 6.54 Å². The number of nitrogens with one attached hydrogen (secondary N) is 2. The van der Waals surface area contributed by atoms with Gasteiger partial charge >= 0.3 is 12.1 Å². The third-order valence-corrected chi connectivity index (χ3v) is 3.38. The number of hydrogen-bond acceptors (Lipinski definition) is 3. The van der Waals surface area contributed by atoms with Crippen LogP contribution in [0.15, 0.2) is 30.5 Å². The second kappa shape index (κ2) is 6.73. The summed E-state index contributed by atoms with van der Waals surface area (Å²) in [5.74, 6) is -1.67. The van der Waals surface area contributed by atoms with Gasteiger partial charge in [-0.05, 0) is 38.8 Å². The van der Waals surface area contributed by atoms with E-state index in [1.165, 1.54) is 0 Å². The highest BCUT2D eigenvalue weighted by molar-refractivity contribution is 5.84. The Morgan fingerprint density at radius 1 is 1.30 bits per heavy atom. The van der Waals surface area contributed by atoms with Crippen LogP contribution in [0.3, 0.4) is 0 Å². The van der Waals surface area contributed by atoms with Gasteiger partial charge in [0.1, 0.15) is 5.60 Å². The molecule has 2 rings (SSSR count). The number of carbonyl (C=O) groups excluding carboxylic acids is 1. The number of aromatic nitrogens is 1. The Bertz CT molecular complexity index is 700. The smallest absolute Gasteiger partial charge is 0.407 e. The monoisotopic (exact) mass is 318 g/mol. The largest absolute Gasteiger partial charge is 0.481 e. The first-order chi connectivity index (χ1) is 10.8. The van der Waals surface area contributed by atoms with Crippen LogP contribution in [0.25, 0.3) is 10.9 Å². The fraction of sp³-hybridized carbons (Fsp3) is 0.412. The van der Waals surface area contributed by atoms with E-state index >= 15 is 0 Å². The molecule has 3 N–H and O–H groups in total. The fourth-order valence-corrected chi connectivity index (χ4v) is 2.33. The number of para-hydroxylation sites is 1. The van der Waals surface area contributed by atoms with Crippen LogP contribution in [0.1, 0.15) is 26.3 Å². The van der Waals surface area contributed by atoms with Crippen LogP contribution < -0.4 is 5.32 Å². The van der Waals surface area contributed by atoms with E-state index < -0.39 is 23.6 Å². The number of carboxylic acid groups (broad SMARTS) is 1. The molecule has 0 aliphatic carbocycles. The number of H-pyrrole nitrogens is 1. The highest BCUT2D eigenvalue weighted by atomic mass is 16.6. The maximum absolute atomic E-state index is 11.7. The van der Waals surface area contributed by atoms with Crippen LogP contribution in [0, 0.1) is 5.92 Å². The van der Waals surface area contributed by atoms with Crippen molar-refractivity contribution in [3.05, 3.63) is 36.0 Å². The molecule has 1 heterocycles. The predicted octanol–water partition coefficient (Wildman–Crippen LogP) is 2.94. The van der Waals surface area contributed by atoms with Gasteiger partial charge in [0, 0.05) is 23.6 Å². The number of benzene rings is 1. The van der Waals surface area contributed by atoms with Crippen LogP contribution in [0.2, 0.25) is 0 Å². The van der Waals surface area contributed by atoms with E-state index in [4.69, 9.17) is 4.74 Å². The third-order valence-electron chi connectivity index (χ3n) is 3.38. The maximum atomic E-state index is 11.7. The predicted molar refractivity (Wildman–Crippen MR) is 87.4 cm³/mol. The molecule has 0 saturated carbocycles. The van der Waals surface area contributed by atoms with Crippen LogP contribution in [0.4, 0.5) is 4.79 Å². The number of ether oxygens (including phenoxy) is 1. The van der Waals surface area contributed by atoms with Gasteiger partial charge < -0.3 is 20.1 Å². The molecule has 1 amide bonds. The normalized spacial score (nSPS) is 12.8. The number of amides is 1. The minimum atomic E-state index is -0.952. The van der Waals surface area contributed by atoms with E-state index in [0.29, 0.717) is 6.42 Å². The first kappa shape index (κ1) is 16.9.